The lowest BCUT2D eigenvalue weighted by atomic mass is 10.1. The number of amides is 1. The minimum absolute atomic E-state index is 0.238. The number of rotatable bonds is 6. The SMILES string of the molecule is CSc1ccccc1NC(=O)COC(=O)C[C@H]1C=CCC1. The van der Waals surface area contributed by atoms with Crippen molar-refractivity contribution >= 4 is 29.3 Å². The Morgan fingerprint density at radius 3 is 2.90 bits per heavy atom. The second kappa shape index (κ2) is 7.88. The number of ether oxygens (including phenoxy) is 1. The lowest BCUT2D eigenvalue weighted by Crippen LogP contribution is -2.21. The molecule has 0 heterocycles. The maximum atomic E-state index is 11.8. The molecule has 112 valence electrons. The first-order valence-electron chi connectivity index (χ1n) is 6.94. The normalized spacial score (nSPS) is 16.7. The maximum absolute atomic E-state index is 11.8. The van der Waals surface area contributed by atoms with Crippen LogP contribution in [0.3, 0.4) is 0 Å². The van der Waals surface area contributed by atoms with E-state index in [1.54, 1.807) is 11.8 Å². The van der Waals surface area contributed by atoms with Gasteiger partial charge in [0, 0.05) is 4.90 Å². The van der Waals surface area contributed by atoms with Gasteiger partial charge in [0.15, 0.2) is 6.61 Å². The minimum atomic E-state index is -0.320. The van der Waals surface area contributed by atoms with Crippen LogP contribution in [0.1, 0.15) is 19.3 Å². The van der Waals surface area contributed by atoms with Crippen molar-refractivity contribution in [2.45, 2.75) is 24.2 Å². The van der Waals surface area contributed by atoms with Gasteiger partial charge in [-0.15, -0.1) is 11.8 Å². The largest absolute Gasteiger partial charge is 0.456 e. The number of hydrogen-bond donors (Lipinski definition) is 1. The summed E-state index contributed by atoms with van der Waals surface area (Å²) in [4.78, 5) is 24.4. The Kier molecular flexibility index (Phi) is 5.87. The number of allylic oxidation sites excluding steroid dienone is 2. The Bertz CT molecular complexity index is 542. The van der Waals surface area contributed by atoms with Crippen molar-refractivity contribution in [1.82, 2.24) is 0 Å². The van der Waals surface area contributed by atoms with Crippen molar-refractivity contribution in [2.24, 2.45) is 5.92 Å². The van der Waals surface area contributed by atoms with Gasteiger partial charge in [-0.3, -0.25) is 9.59 Å². The molecule has 1 N–H and O–H groups in total. The van der Waals surface area contributed by atoms with Gasteiger partial charge in [0.25, 0.3) is 5.91 Å². The summed E-state index contributed by atoms with van der Waals surface area (Å²) in [5.41, 5.74) is 0.741. The third-order valence-corrected chi connectivity index (χ3v) is 4.08. The van der Waals surface area contributed by atoms with Crippen LogP contribution in [0.2, 0.25) is 0 Å². The molecule has 0 fully saturated rings. The molecule has 0 spiro atoms. The topological polar surface area (TPSA) is 55.4 Å². The molecular formula is C16H19NO3S. The van der Waals surface area contributed by atoms with E-state index in [0.717, 1.165) is 23.4 Å². The van der Waals surface area contributed by atoms with Gasteiger partial charge in [0.05, 0.1) is 12.1 Å². The van der Waals surface area contributed by atoms with E-state index < -0.39 is 0 Å². The molecule has 1 aliphatic carbocycles. The van der Waals surface area contributed by atoms with E-state index in [4.69, 9.17) is 4.74 Å². The number of anilines is 1. The van der Waals surface area contributed by atoms with Crippen LogP contribution >= 0.6 is 11.8 Å². The zero-order valence-corrected chi connectivity index (χ0v) is 12.8. The molecular weight excluding hydrogens is 286 g/mol. The van der Waals surface area contributed by atoms with E-state index in [-0.39, 0.29) is 24.4 Å². The Morgan fingerprint density at radius 2 is 2.19 bits per heavy atom. The fourth-order valence-corrected chi connectivity index (χ4v) is 2.77. The lowest BCUT2D eigenvalue weighted by molar-refractivity contribution is -0.147. The smallest absolute Gasteiger partial charge is 0.306 e. The molecule has 1 atom stereocenters. The zero-order valence-electron chi connectivity index (χ0n) is 12.0. The first kappa shape index (κ1) is 15.6. The predicted molar refractivity (Wildman–Crippen MR) is 84.3 cm³/mol. The summed E-state index contributed by atoms with van der Waals surface area (Å²) in [6.07, 6.45) is 8.41. The second-order valence-corrected chi connectivity index (χ2v) is 5.73. The summed E-state index contributed by atoms with van der Waals surface area (Å²) in [5.74, 6) is -0.371. The van der Waals surface area contributed by atoms with Crippen LogP contribution in [0, 0.1) is 5.92 Å². The number of para-hydroxylation sites is 1. The molecule has 5 heteroatoms. The van der Waals surface area contributed by atoms with E-state index in [9.17, 15) is 9.59 Å². The summed E-state index contributed by atoms with van der Waals surface area (Å²) >= 11 is 1.55. The second-order valence-electron chi connectivity index (χ2n) is 4.88. The molecule has 1 amide bonds. The minimum Gasteiger partial charge on any atom is -0.456 e. The number of thioether (sulfide) groups is 1. The van der Waals surface area contributed by atoms with Gasteiger partial charge in [-0.2, -0.15) is 0 Å². The first-order valence-corrected chi connectivity index (χ1v) is 8.16. The van der Waals surface area contributed by atoms with E-state index in [0.29, 0.717) is 6.42 Å². The van der Waals surface area contributed by atoms with Crippen molar-refractivity contribution in [3.05, 3.63) is 36.4 Å². The highest BCUT2D eigenvalue weighted by molar-refractivity contribution is 7.98. The van der Waals surface area contributed by atoms with Crippen LogP contribution in [0.15, 0.2) is 41.3 Å². The Hall–Kier alpha value is -1.75. The Morgan fingerprint density at radius 1 is 1.38 bits per heavy atom. The third-order valence-electron chi connectivity index (χ3n) is 3.29. The van der Waals surface area contributed by atoms with Gasteiger partial charge in [0.2, 0.25) is 0 Å². The molecule has 1 aromatic rings. The molecule has 21 heavy (non-hydrogen) atoms. The molecule has 2 rings (SSSR count). The quantitative estimate of drug-likeness (QED) is 0.498. The zero-order chi connectivity index (χ0) is 15.1. The molecule has 0 unspecified atom stereocenters. The van der Waals surface area contributed by atoms with E-state index in [1.807, 2.05) is 36.6 Å². The van der Waals surface area contributed by atoms with Gasteiger partial charge in [-0.1, -0.05) is 24.3 Å². The lowest BCUT2D eigenvalue weighted by Gasteiger charge is -2.10. The van der Waals surface area contributed by atoms with Crippen molar-refractivity contribution < 1.29 is 14.3 Å². The van der Waals surface area contributed by atoms with E-state index in [2.05, 4.69) is 11.4 Å². The molecule has 1 aromatic carbocycles. The highest BCUT2D eigenvalue weighted by atomic mass is 32.2. The number of carbonyl (C=O) groups excluding carboxylic acids is 2. The van der Waals surface area contributed by atoms with E-state index >= 15 is 0 Å². The molecule has 1 aliphatic rings. The maximum Gasteiger partial charge on any atom is 0.306 e. The Labute approximate surface area is 128 Å². The standard InChI is InChI=1S/C16H19NO3S/c1-21-14-9-5-4-8-13(14)17-15(18)11-20-16(19)10-12-6-2-3-7-12/h2,4-6,8-9,12H,3,7,10-11H2,1H3,(H,17,18)/t12-/m0/s1. The molecule has 0 aliphatic heterocycles. The van der Waals surface area contributed by atoms with Gasteiger partial charge in [0.1, 0.15) is 0 Å². The molecule has 0 aromatic heterocycles. The van der Waals surface area contributed by atoms with Crippen LogP contribution in [-0.4, -0.2) is 24.7 Å². The van der Waals surface area contributed by atoms with Crippen molar-refractivity contribution in [3.8, 4) is 0 Å². The van der Waals surface area contributed by atoms with Crippen molar-refractivity contribution in [2.75, 3.05) is 18.2 Å². The van der Waals surface area contributed by atoms with Crippen LogP contribution in [0.5, 0.6) is 0 Å². The molecule has 0 saturated carbocycles. The fraction of sp³-hybridized carbons (Fsp3) is 0.375. The number of hydrogen-bond acceptors (Lipinski definition) is 4. The van der Waals surface area contributed by atoms with Crippen LogP contribution in [0.25, 0.3) is 0 Å². The van der Waals surface area contributed by atoms with Gasteiger partial charge >= 0.3 is 5.97 Å². The van der Waals surface area contributed by atoms with Gasteiger partial charge in [-0.05, 0) is 37.1 Å². The Balaban J connectivity index is 1.76. The van der Waals surface area contributed by atoms with E-state index in [1.165, 1.54) is 0 Å². The summed E-state index contributed by atoms with van der Waals surface area (Å²) in [5, 5.41) is 2.76. The van der Waals surface area contributed by atoms with Crippen LogP contribution < -0.4 is 5.32 Å². The van der Waals surface area contributed by atoms with Gasteiger partial charge in [-0.25, -0.2) is 0 Å². The highest BCUT2D eigenvalue weighted by Crippen LogP contribution is 2.24. The first-order chi connectivity index (χ1) is 10.2. The summed E-state index contributed by atoms with van der Waals surface area (Å²) in [6, 6.07) is 7.53. The summed E-state index contributed by atoms with van der Waals surface area (Å²) in [6.45, 7) is -0.238. The van der Waals surface area contributed by atoms with Crippen molar-refractivity contribution in [3.63, 3.8) is 0 Å². The fourth-order valence-electron chi connectivity index (χ4n) is 2.22. The predicted octanol–water partition coefficient (Wildman–Crippen LogP) is 3.25. The van der Waals surface area contributed by atoms with Crippen molar-refractivity contribution in [1.29, 1.82) is 0 Å². The summed E-state index contributed by atoms with van der Waals surface area (Å²) in [7, 11) is 0. The molecule has 4 nitrogen and oxygen atoms in total. The third kappa shape index (κ3) is 4.93. The number of esters is 1. The summed E-state index contributed by atoms with van der Waals surface area (Å²) < 4.78 is 5.02. The monoisotopic (exact) mass is 305 g/mol. The number of benzene rings is 1. The van der Waals surface area contributed by atoms with Crippen LogP contribution in [-0.2, 0) is 14.3 Å². The number of carbonyl (C=O) groups is 2. The molecule has 0 radical (unpaired) electrons. The van der Waals surface area contributed by atoms with Gasteiger partial charge < -0.3 is 10.1 Å². The highest BCUT2D eigenvalue weighted by Gasteiger charge is 2.16. The number of nitrogens with one attached hydrogen (secondary N) is 1. The van der Waals surface area contributed by atoms with Crippen LogP contribution in [0.4, 0.5) is 5.69 Å². The average Bonchev–Trinajstić information content (AvgIpc) is 2.98. The average molecular weight is 305 g/mol. The molecule has 0 saturated heterocycles. The molecule has 0 bridgehead atoms.